The molecule has 0 spiro atoms. The van der Waals surface area contributed by atoms with Crippen LogP contribution in [-0.2, 0) is 0 Å². The average Bonchev–Trinajstić information content (AvgIpc) is 2.09. The molecule has 1 aromatic rings. The van der Waals surface area contributed by atoms with Crippen molar-refractivity contribution in [3.8, 4) is 0 Å². The zero-order chi connectivity index (χ0) is 9.68. The SMILES string of the molecule is OCCC=Cc1cnc(Cl)nc1Cl. The van der Waals surface area contributed by atoms with E-state index in [1.54, 1.807) is 12.2 Å². The van der Waals surface area contributed by atoms with E-state index in [1.807, 2.05) is 0 Å². The molecule has 1 N–H and O–H groups in total. The lowest BCUT2D eigenvalue weighted by atomic mass is 10.3. The molecule has 0 unspecified atom stereocenters. The fourth-order valence-electron chi connectivity index (χ4n) is 0.747. The molecule has 0 bridgehead atoms. The summed E-state index contributed by atoms with van der Waals surface area (Å²) in [4.78, 5) is 7.53. The number of aliphatic hydroxyl groups excluding tert-OH is 1. The van der Waals surface area contributed by atoms with E-state index in [2.05, 4.69) is 9.97 Å². The average molecular weight is 219 g/mol. The fraction of sp³-hybridized carbons (Fsp3) is 0.250. The first-order valence-corrected chi connectivity index (χ1v) is 4.45. The van der Waals surface area contributed by atoms with Crippen molar-refractivity contribution in [2.45, 2.75) is 6.42 Å². The van der Waals surface area contributed by atoms with Gasteiger partial charge in [0.15, 0.2) is 0 Å². The second kappa shape index (κ2) is 5.17. The Morgan fingerprint density at radius 3 is 2.85 bits per heavy atom. The van der Waals surface area contributed by atoms with Gasteiger partial charge in [0.25, 0.3) is 0 Å². The van der Waals surface area contributed by atoms with Crippen molar-refractivity contribution in [3.63, 3.8) is 0 Å². The van der Waals surface area contributed by atoms with Crippen LogP contribution in [0, 0.1) is 0 Å². The summed E-state index contributed by atoms with van der Waals surface area (Å²) >= 11 is 11.3. The molecular formula is C8H8Cl2N2O. The Morgan fingerprint density at radius 2 is 2.23 bits per heavy atom. The van der Waals surface area contributed by atoms with Crippen molar-refractivity contribution >= 4 is 29.3 Å². The zero-order valence-corrected chi connectivity index (χ0v) is 8.26. The number of hydrogen-bond acceptors (Lipinski definition) is 3. The van der Waals surface area contributed by atoms with Gasteiger partial charge in [0.05, 0.1) is 0 Å². The number of nitrogens with zero attached hydrogens (tertiary/aromatic N) is 2. The normalized spacial score (nSPS) is 11.0. The van der Waals surface area contributed by atoms with Crippen LogP contribution in [0.4, 0.5) is 0 Å². The van der Waals surface area contributed by atoms with Crippen molar-refractivity contribution in [1.82, 2.24) is 9.97 Å². The molecule has 70 valence electrons. The van der Waals surface area contributed by atoms with Crippen LogP contribution in [-0.4, -0.2) is 21.7 Å². The van der Waals surface area contributed by atoms with Gasteiger partial charge in [-0.2, -0.15) is 0 Å². The van der Waals surface area contributed by atoms with Crippen LogP contribution in [0.2, 0.25) is 10.4 Å². The van der Waals surface area contributed by atoms with Gasteiger partial charge in [0.2, 0.25) is 5.28 Å². The van der Waals surface area contributed by atoms with Crippen LogP contribution in [0.1, 0.15) is 12.0 Å². The van der Waals surface area contributed by atoms with E-state index >= 15 is 0 Å². The van der Waals surface area contributed by atoms with E-state index in [9.17, 15) is 0 Å². The molecule has 0 amide bonds. The molecule has 13 heavy (non-hydrogen) atoms. The maximum atomic E-state index is 8.52. The minimum absolute atomic E-state index is 0.114. The number of halogens is 2. The Morgan fingerprint density at radius 1 is 1.46 bits per heavy atom. The summed E-state index contributed by atoms with van der Waals surface area (Å²) in [5, 5.41) is 8.96. The van der Waals surface area contributed by atoms with Gasteiger partial charge < -0.3 is 5.11 Å². The highest BCUT2D eigenvalue weighted by Crippen LogP contribution is 2.15. The maximum Gasteiger partial charge on any atom is 0.223 e. The first kappa shape index (κ1) is 10.4. The molecule has 0 radical (unpaired) electrons. The van der Waals surface area contributed by atoms with Crippen LogP contribution >= 0.6 is 23.2 Å². The first-order valence-electron chi connectivity index (χ1n) is 3.69. The minimum atomic E-state index is 0.114. The summed E-state index contributed by atoms with van der Waals surface area (Å²) in [7, 11) is 0. The third-order valence-electron chi connectivity index (χ3n) is 1.33. The Kier molecular flexibility index (Phi) is 4.15. The highest BCUT2D eigenvalue weighted by Gasteiger charge is 1.99. The Bertz CT molecular complexity index is 315. The van der Waals surface area contributed by atoms with Crippen molar-refractivity contribution in [2.24, 2.45) is 0 Å². The van der Waals surface area contributed by atoms with E-state index in [4.69, 9.17) is 28.3 Å². The number of hydrogen-bond donors (Lipinski definition) is 1. The molecule has 0 atom stereocenters. The molecule has 1 heterocycles. The lowest BCUT2D eigenvalue weighted by Crippen LogP contribution is -1.86. The number of aromatic nitrogens is 2. The molecule has 0 aliphatic carbocycles. The van der Waals surface area contributed by atoms with E-state index in [-0.39, 0.29) is 11.9 Å². The predicted molar refractivity (Wildman–Crippen MR) is 52.8 cm³/mol. The summed E-state index contributed by atoms with van der Waals surface area (Å²) in [5.74, 6) is 0. The Hall–Kier alpha value is -0.640. The summed E-state index contributed by atoms with van der Waals surface area (Å²) in [6.07, 6.45) is 5.65. The van der Waals surface area contributed by atoms with Gasteiger partial charge in [0, 0.05) is 18.4 Å². The quantitative estimate of drug-likeness (QED) is 0.625. The summed E-state index contributed by atoms with van der Waals surface area (Å²) < 4.78 is 0. The molecule has 0 aromatic carbocycles. The van der Waals surface area contributed by atoms with Crippen molar-refractivity contribution in [1.29, 1.82) is 0 Å². The van der Waals surface area contributed by atoms with E-state index < -0.39 is 0 Å². The molecule has 3 nitrogen and oxygen atoms in total. The molecule has 0 fully saturated rings. The lowest BCUT2D eigenvalue weighted by molar-refractivity contribution is 0.303. The van der Waals surface area contributed by atoms with Crippen molar-refractivity contribution in [2.75, 3.05) is 6.61 Å². The van der Waals surface area contributed by atoms with Crippen molar-refractivity contribution in [3.05, 3.63) is 28.3 Å². The van der Waals surface area contributed by atoms with Crippen LogP contribution in [0.5, 0.6) is 0 Å². The second-order valence-corrected chi connectivity index (χ2v) is 3.00. The molecule has 0 aliphatic heterocycles. The summed E-state index contributed by atoms with van der Waals surface area (Å²) in [6, 6.07) is 0. The minimum Gasteiger partial charge on any atom is -0.396 e. The highest BCUT2D eigenvalue weighted by molar-refractivity contribution is 6.32. The fourth-order valence-corrected chi connectivity index (χ4v) is 1.12. The van der Waals surface area contributed by atoms with Gasteiger partial charge in [-0.25, -0.2) is 9.97 Å². The molecule has 5 heteroatoms. The van der Waals surface area contributed by atoms with E-state index in [0.29, 0.717) is 17.1 Å². The second-order valence-electron chi connectivity index (χ2n) is 2.30. The molecule has 0 saturated heterocycles. The van der Waals surface area contributed by atoms with Gasteiger partial charge in [-0.3, -0.25) is 0 Å². The Labute approximate surface area is 86.0 Å². The first-order chi connectivity index (χ1) is 6.24. The standard InChI is InChI=1S/C8H8Cl2N2O/c9-7-6(3-1-2-4-13)5-11-8(10)12-7/h1,3,5,13H,2,4H2. The molecule has 0 saturated carbocycles. The summed E-state index contributed by atoms with van der Waals surface area (Å²) in [5.41, 5.74) is 0.694. The smallest absolute Gasteiger partial charge is 0.223 e. The van der Waals surface area contributed by atoms with Crippen LogP contribution < -0.4 is 0 Å². The monoisotopic (exact) mass is 218 g/mol. The van der Waals surface area contributed by atoms with Crippen LogP contribution in [0.3, 0.4) is 0 Å². The van der Waals surface area contributed by atoms with Crippen LogP contribution in [0.15, 0.2) is 12.3 Å². The largest absolute Gasteiger partial charge is 0.396 e. The third-order valence-corrected chi connectivity index (χ3v) is 1.82. The Balaban J connectivity index is 2.77. The predicted octanol–water partition coefficient (Wildman–Crippen LogP) is 2.18. The third kappa shape index (κ3) is 3.30. The van der Waals surface area contributed by atoms with Gasteiger partial charge >= 0.3 is 0 Å². The maximum absolute atomic E-state index is 8.52. The number of aliphatic hydroxyl groups is 1. The highest BCUT2D eigenvalue weighted by atomic mass is 35.5. The zero-order valence-electron chi connectivity index (χ0n) is 6.74. The molecule has 1 aromatic heterocycles. The topological polar surface area (TPSA) is 46.0 Å². The molecule has 0 aliphatic rings. The van der Waals surface area contributed by atoms with Gasteiger partial charge in [0.1, 0.15) is 5.15 Å². The van der Waals surface area contributed by atoms with E-state index in [0.717, 1.165) is 0 Å². The van der Waals surface area contributed by atoms with Gasteiger partial charge in [-0.15, -0.1) is 0 Å². The molecular weight excluding hydrogens is 211 g/mol. The van der Waals surface area contributed by atoms with Crippen LogP contribution in [0.25, 0.3) is 6.08 Å². The van der Waals surface area contributed by atoms with Gasteiger partial charge in [-0.1, -0.05) is 23.8 Å². The van der Waals surface area contributed by atoms with Gasteiger partial charge in [-0.05, 0) is 18.0 Å². The van der Waals surface area contributed by atoms with E-state index in [1.165, 1.54) is 6.20 Å². The lowest BCUT2D eigenvalue weighted by Gasteiger charge is -1.95. The summed E-state index contributed by atoms with van der Waals surface area (Å²) in [6.45, 7) is 0.114. The molecule has 1 rings (SSSR count). The number of rotatable bonds is 3. The van der Waals surface area contributed by atoms with Crippen molar-refractivity contribution < 1.29 is 5.11 Å².